The molecule has 0 bridgehead atoms. The molecule has 0 saturated heterocycles. The van der Waals surface area contributed by atoms with Crippen LogP contribution in [0.15, 0.2) is 11.9 Å². The van der Waals surface area contributed by atoms with Crippen LogP contribution >= 0.6 is 0 Å². The molecular formula is C7H5F7O2. The molecule has 9 heteroatoms. The Bertz CT molecular complexity index is 274. The zero-order valence-electron chi connectivity index (χ0n) is 7.36. The number of halogens is 7. The van der Waals surface area contributed by atoms with Crippen molar-refractivity contribution in [3.63, 3.8) is 0 Å². The highest BCUT2D eigenvalue weighted by Gasteiger charge is 2.55. The molecule has 0 aliphatic heterocycles. The molecule has 0 unspecified atom stereocenters. The average molecular weight is 254 g/mol. The number of carbonyl (C=O) groups is 1. The minimum atomic E-state index is -5.60. The number of alkyl halides is 6. The van der Waals surface area contributed by atoms with Crippen LogP contribution in [0.1, 0.15) is 6.42 Å². The van der Waals surface area contributed by atoms with Gasteiger partial charge in [0.1, 0.15) is 0 Å². The number of rotatable bonds is 3. The largest absolute Gasteiger partial charge is 0.476 e. The van der Waals surface area contributed by atoms with E-state index < -0.39 is 36.5 Å². The fraction of sp³-hybridized carbons (Fsp3) is 0.571. The lowest BCUT2D eigenvalue weighted by Crippen LogP contribution is -2.36. The maximum atomic E-state index is 12.2. The van der Waals surface area contributed by atoms with Crippen LogP contribution in [0.25, 0.3) is 0 Å². The number of carboxylic acid groups (broad SMARTS) is 1. The molecule has 0 aromatic rings. The highest BCUT2D eigenvalue weighted by Crippen LogP contribution is 2.41. The van der Waals surface area contributed by atoms with Crippen molar-refractivity contribution in [2.75, 3.05) is 0 Å². The van der Waals surface area contributed by atoms with Crippen LogP contribution in [0, 0.1) is 5.92 Å². The first-order chi connectivity index (χ1) is 6.96. The maximum absolute atomic E-state index is 12.2. The molecule has 16 heavy (non-hydrogen) atoms. The molecule has 0 fully saturated rings. The summed E-state index contributed by atoms with van der Waals surface area (Å²) in [5, 5.41) is 7.89. The molecular weight excluding hydrogens is 249 g/mol. The fourth-order valence-electron chi connectivity index (χ4n) is 0.761. The Hall–Kier alpha value is -1.28. The maximum Gasteiger partial charge on any atom is 0.400 e. The van der Waals surface area contributed by atoms with Gasteiger partial charge in [-0.05, 0) is 12.5 Å². The molecule has 0 rings (SSSR count). The third kappa shape index (κ3) is 4.49. The van der Waals surface area contributed by atoms with Gasteiger partial charge in [-0.25, -0.2) is 4.79 Å². The molecule has 0 aromatic carbocycles. The summed E-state index contributed by atoms with van der Waals surface area (Å²) >= 11 is 0. The summed E-state index contributed by atoms with van der Waals surface area (Å²) in [4.78, 5) is 9.81. The molecule has 0 aromatic heterocycles. The van der Waals surface area contributed by atoms with Gasteiger partial charge in [0.05, 0.1) is 0 Å². The normalized spacial score (nSPS) is 14.4. The number of hydrogen-bond acceptors (Lipinski definition) is 1. The number of allylic oxidation sites excluding steroid dienone is 1. The van der Waals surface area contributed by atoms with Crippen LogP contribution in [0.2, 0.25) is 0 Å². The Morgan fingerprint density at radius 3 is 1.75 bits per heavy atom. The van der Waals surface area contributed by atoms with E-state index in [-0.39, 0.29) is 6.08 Å². The predicted octanol–water partition coefficient (Wildman–Crippen LogP) is 3.06. The van der Waals surface area contributed by atoms with Gasteiger partial charge >= 0.3 is 18.3 Å². The van der Waals surface area contributed by atoms with Gasteiger partial charge in [-0.2, -0.15) is 30.7 Å². The number of aliphatic carboxylic acids is 1. The lowest BCUT2D eigenvalue weighted by atomic mass is 10.0. The van der Waals surface area contributed by atoms with E-state index in [2.05, 4.69) is 0 Å². The van der Waals surface area contributed by atoms with Gasteiger partial charge < -0.3 is 5.11 Å². The van der Waals surface area contributed by atoms with E-state index in [1.807, 2.05) is 0 Å². The second-order valence-electron chi connectivity index (χ2n) is 2.73. The first-order valence-electron chi connectivity index (χ1n) is 3.68. The van der Waals surface area contributed by atoms with Crippen LogP contribution in [-0.4, -0.2) is 23.4 Å². The van der Waals surface area contributed by atoms with Crippen molar-refractivity contribution in [1.82, 2.24) is 0 Å². The Balaban J connectivity index is 4.86. The van der Waals surface area contributed by atoms with Crippen molar-refractivity contribution in [3.8, 4) is 0 Å². The quantitative estimate of drug-likeness (QED) is 0.620. The van der Waals surface area contributed by atoms with E-state index in [1.165, 1.54) is 0 Å². The zero-order chi connectivity index (χ0) is 13.1. The monoisotopic (exact) mass is 254 g/mol. The van der Waals surface area contributed by atoms with Crippen molar-refractivity contribution < 1.29 is 40.6 Å². The van der Waals surface area contributed by atoms with Crippen LogP contribution in [-0.2, 0) is 4.79 Å². The summed E-state index contributed by atoms with van der Waals surface area (Å²) < 4.78 is 83.3. The molecule has 0 radical (unpaired) electrons. The summed E-state index contributed by atoms with van der Waals surface area (Å²) in [6.45, 7) is 0. The molecule has 0 amide bonds. The van der Waals surface area contributed by atoms with Crippen LogP contribution < -0.4 is 0 Å². The summed E-state index contributed by atoms with van der Waals surface area (Å²) in [6.07, 6.45) is -13.3. The second kappa shape index (κ2) is 4.71. The van der Waals surface area contributed by atoms with E-state index in [9.17, 15) is 35.5 Å². The van der Waals surface area contributed by atoms with Crippen molar-refractivity contribution >= 4 is 5.97 Å². The van der Waals surface area contributed by atoms with E-state index >= 15 is 0 Å². The van der Waals surface area contributed by atoms with Gasteiger partial charge in [-0.1, -0.05) is 0 Å². The third-order valence-electron chi connectivity index (χ3n) is 1.53. The molecule has 0 atom stereocenters. The molecule has 0 aliphatic rings. The molecule has 0 saturated carbocycles. The lowest BCUT2D eigenvalue weighted by Gasteiger charge is -2.21. The Morgan fingerprint density at radius 2 is 1.50 bits per heavy atom. The zero-order valence-corrected chi connectivity index (χ0v) is 7.36. The van der Waals surface area contributed by atoms with E-state index in [4.69, 9.17) is 5.11 Å². The van der Waals surface area contributed by atoms with Gasteiger partial charge in [-0.15, -0.1) is 0 Å². The topological polar surface area (TPSA) is 37.3 Å². The van der Waals surface area contributed by atoms with Crippen molar-refractivity contribution in [3.05, 3.63) is 11.9 Å². The van der Waals surface area contributed by atoms with Crippen molar-refractivity contribution in [1.29, 1.82) is 0 Å². The standard InChI is InChI=1S/C7H5F7O2/c8-3(5(15)16)1-2-4(6(9,10)11)7(12,13)14/h1,4H,2H2,(H,15,16). The van der Waals surface area contributed by atoms with Gasteiger partial charge in [0.2, 0.25) is 5.83 Å². The third-order valence-corrected chi connectivity index (χ3v) is 1.53. The Kier molecular flexibility index (Phi) is 4.33. The first-order valence-corrected chi connectivity index (χ1v) is 3.68. The second-order valence-corrected chi connectivity index (χ2v) is 2.73. The van der Waals surface area contributed by atoms with Gasteiger partial charge in [0, 0.05) is 0 Å². The van der Waals surface area contributed by atoms with E-state index in [0.29, 0.717) is 0 Å². The van der Waals surface area contributed by atoms with Crippen LogP contribution in [0.4, 0.5) is 30.7 Å². The van der Waals surface area contributed by atoms with Gasteiger partial charge in [0.15, 0.2) is 5.92 Å². The first kappa shape index (κ1) is 14.7. The highest BCUT2D eigenvalue weighted by molar-refractivity contribution is 5.83. The van der Waals surface area contributed by atoms with Gasteiger partial charge in [-0.3, -0.25) is 0 Å². The molecule has 94 valence electrons. The summed E-state index contributed by atoms with van der Waals surface area (Å²) in [5.74, 6) is -8.05. The Labute approximate surface area is 84.4 Å². The average Bonchev–Trinajstić information content (AvgIpc) is 1.98. The van der Waals surface area contributed by atoms with E-state index in [1.54, 1.807) is 0 Å². The van der Waals surface area contributed by atoms with Gasteiger partial charge in [0.25, 0.3) is 0 Å². The molecule has 0 spiro atoms. The molecule has 1 N–H and O–H groups in total. The minimum Gasteiger partial charge on any atom is -0.476 e. The molecule has 0 heterocycles. The smallest absolute Gasteiger partial charge is 0.400 e. The van der Waals surface area contributed by atoms with E-state index in [0.717, 1.165) is 0 Å². The van der Waals surface area contributed by atoms with Crippen molar-refractivity contribution in [2.45, 2.75) is 18.8 Å². The van der Waals surface area contributed by atoms with Crippen molar-refractivity contribution in [2.24, 2.45) is 5.92 Å². The summed E-state index contributed by atoms with van der Waals surface area (Å²) in [5.41, 5.74) is 0. The summed E-state index contributed by atoms with van der Waals surface area (Å²) in [6, 6.07) is 0. The Morgan fingerprint density at radius 1 is 1.12 bits per heavy atom. The predicted molar refractivity (Wildman–Crippen MR) is 37.0 cm³/mol. The molecule has 2 nitrogen and oxygen atoms in total. The summed E-state index contributed by atoms with van der Waals surface area (Å²) in [7, 11) is 0. The lowest BCUT2D eigenvalue weighted by molar-refractivity contribution is -0.282. The molecule has 0 aliphatic carbocycles. The number of hydrogen-bond donors (Lipinski definition) is 1. The highest BCUT2D eigenvalue weighted by atomic mass is 19.4. The van der Waals surface area contributed by atoms with Crippen LogP contribution in [0.3, 0.4) is 0 Å². The number of carboxylic acids is 1. The SMILES string of the molecule is O=C(O)C(F)=CCC(C(F)(F)F)C(F)(F)F. The van der Waals surface area contributed by atoms with Crippen LogP contribution in [0.5, 0.6) is 0 Å². The fourth-order valence-corrected chi connectivity index (χ4v) is 0.761. The minimum absolute atomic E-state index is 0.256.